The van der Waals surface area contributed by atoms with Crippen LogP contribution in [0.2, 0.25) is 0 Å². The third-order valence-electron chi connectivity index (χ3n) is 5.78. The number of nitrogens with zero attached hydrogens (tertiary/aromatic N) is 1. The van der Waals surface area contributed by atoms with Crippen LogP contribution in [0, 0.1) is 11.6 Å². The summed E-state index contributed by atoms with van der Waals surface area (Å²) in [6, 6.07) is 12.5. The van der Waals surface area contributed by atoms with E-state index in [0.29, 0.717) is 33.1 Å². The highest BCUT2D eigenvalue weighted by molar-refractivity contribution is 6.20. The maximum Gasteiger partial charge on any atom is 0.341 e. The Morgan fingerprint density at radius 2 is 1.79 bits per heavy atom. The predicted octanol–water partition coefficient (Wildman–Crippen LogP) is 5.03. The van der Waals surface area contributed by atoms with Crippen LogP contribution in [0.25, 0.3) is 21.8 Å². The van der Waals surface area contributed by atoms with E-state index >= 15 is 0 Å². The standard InChI is InChI=1S/C26H24F2N2O4/c1-2-3-5-15-11-21-25(22(12-15)34-14-23(31)32)24-17(26(29)33)6-4-7-20(24)30(21)13-16-8-9-18(27)19(28)10-16/h4,6-12H,2-3,5,13-14H2,1H3,(H2,29,33)(H,31,32). The number of hydrogen-bond acceptors (Lipinski definition) is 3. The summed E-state index contributed by atoms with van der Waals surface area (Å²) in [4.78, 5) is 23.5. The van der Waals surface area contributed by atoms with Crippen LogP contribution in [-0.4, -0.2) is 28.2 Å². The molecule has 0 saturated carbocycles. The van der Waals surface area contributed by atoms with Gasteiger partial charge in [-0.15, -0.1) is 0 Å². The number of halogens is 2. The molecule has 4 rings (SSSR count). The second-order valence-corrected chi connectivity index (χ2v) is 8.17. The molecular formula is C26H24F2N2O4. The van der Waals surface area contributed by atoms with Gasteiger partial charge in [0.05, 0.1) is 16.4 Å². The van der Waals surface area contributed by atoms with Gasteiger partial charge in [0, 0.05) is 17.5 Å². The Hall–Kier alpha value is -3.94. The molecule has 6 nitrogen and oxygen atoms in total. The molecule has 3 aromatic carbocycles. The van der Waals surface area contributed by atoms with Gasteiger partial charge in [0.15, 0.2) is 18.2 Å². The summed E-state index contributed by atoms with van der Waals surface area (Å²) < 4.78 is 35.0. The van der Waals surface area contributed by atoms with Crippen LogP contribution in [0.1, 0.15) is 41.3 Å². The quantitative estimate of drug-likeness (QED) is 0.362. The smallest absolute Gasteiger partial charge is 0.341 e. The largest absolute Gasteiger partial charge is 0.481 e. The number of carbonyl (C=O) groups is 2. The Morgan fingerprint density at radius 1 is 1.00 bits per heavy atom. The lowest BCUT2D eigenvalue weighted by molar-refractivity contribution is -0.139. The number of fused-ring (bicyclic) bond motifs is 3. The number of carbonyl (C=O) groups excluding carboxylic acids is 1. The molecule has 176 valence electrons. The van der Waals surface area contributed by atoms with E-state index in [1.807, 2.05) is 10.6 Å². The number of amides is 1. The summed E-state index contributed by atoms with van der Waals surface area (Å²) in [5.74, 6) is -3.34. The number of aryl methyl sites for hydroxylation is 1. The molecule has 0 bridgehead atoms. The van der Waals surface area contributed by atoms with Crippen molar-refractivity contribution in [3.05, 3.63) is 76.9 Å². The topological polar surface area (TPSA) is 94.6 Å². The van der Waals surface area contributed by atoms with Crippen molar-refractivity contribution < 1.29 is 28.2 Å². The van der Waals surface area contributed by atoms with Crippen molar-refractivity contribution >= 4 is 33.7 Å². The minimum atomic E-state index is -1.13. The fourth-order valence-corrected chi connectivity index (χ4v) is 4.25. The number of hydrogen-bond donors (Lipinski definition) is 2. The van der Waals surface area contributed by atoms with Crippen molar-refractivity contribution in [2.75, 3.05) is 6.61 Å². The second kappa shape index (κ2) is 9.51. The Morgan fingerprint density at radius 3 is 2.47 bits per heavy atom. The Bertz CT molecular complexity index is 1410. The van der Waals surface area contributed by atoms with Crippen molar-refractivity contribution in [1.29, 1.82) is 0 Å². The van der Waals surface area contributed by atoms with Crippen LogP contribution in [0.5, 0.6) is 5.75 Å². The summed E-state index contributed by atoms with van der Waals surface area (Å²) in [5, 5.41) is 10.3. The van der Waals surface area contributed by atoms with Crippen LogP contribution in [0.15, 0.2) is 48.5 Å². The predicted molar refractivity (Wildman–Crippen MR) is 125 cm³/mol. The fraction of sp³-hybridized carbons (Fsp3) is 0.231. The van der Waals surface area contributed by atoms with Crippen LogP contribution in [-0.2, 0) is 17.8 Å². The molecule has 0 aliphatic rings. The molecule has 0 aliphatic carbocycles. The second-order valence-electron chi connectivity index (χ2n) is 8.17. The van der Waals surface area contributed by atoms with Crippen molar-refractivity contribution in [1.82, 2.24) is 4.57 Å². The average molecular weight is 466 g/mol. The number of rotatable bonds is 9. The number of benzene rings is 3. The van der Waals surface area contributed by atoms with E-state index in [4.69, 9.17) is 10.5 Å². The van der Waals surface area contributed by atoms with Gasteiger partial charge in [-0.1, -0.05) is 25.5 Å². The molecule has 0 saturated heterocycles. The molecule has 0 fully saturated rings. The highest BCUT2D eigenvalue weighted by Gasteiger charge is 2.21. The Balaban J connectivity index is 2.04. The van der Waals surface area contributed by atoms with Gasteiger partial charge >= 0.3 is 5.97 Å². The van der Waals surface area contributed by atoms with E-state index in [2.05, 4.69) is 6.92 Å². The van der Waals surface area contributed by atoms with E-state index in [-0.39, 0.29) is 12.1 Å². The molecule has 0 spiro atoms. The summed E-state index contributed by atoms with van der Waals surface area (Å²) >= 11 is 0. The number of aromatic nitrogens is 1. The lowest BCUT2D eigenvalue weighted by Crippen LogP contribution is -2.12. The number of unbranched alkanes of at least 4 members (excludes halogenated alkanes) is 1. The van der Waals surface area contributed by atoms with Gasteiger partial charge in [-0.2, -0.15) is 0 Å². The van der Waals surface area contributed by atoms with Crippen LogP contribution in [0.3, 0.4) is 0 Å². The maximum absolute atomic E-state index is 13.9. The third-order valence-corrected chi connectivity index (χ3v) is 5.78. The van der Waals surface area contributed by atoms with Gasteiger partial charge in [-0.05, 0) is 60.4 Å². The third kappa shape index (κ3) is 4.44. The van der Waals surface area contributed by atoms with Gasteiger partial charge in [0.2, 0.25) is 5.91 Å². The van der Waals surface area contributed by atoms with Gasteiger partial charge in [0.1, 0.15) is 5.75 Å². The molecule has 0 unspecified atom stereocenters. The van der Waals surface area contributed by atoms with Crippen LogP contribution in [0.4, 0.5) is 8.78 Å². The van der Waals surface area contributed by atoms with Gasteiger partial charge < -0.3 is 20.1 Å². The Kier molecular flexibility index (Phi) is 6.49. The first-order valence-electron chi connectivity index (χ1n) is 11.0. The zero-order chi connectivity index (χ0) is 24.4. The first-order chi connectivity index (χ1) is 16.3. The molecule has 0 radical (unpaired) electrons. The first-order valence-corrected chi connectivity index (χ1v) is 11.0. The van der Waals surface area contributed by atoms with Crippen LogP contribution < -0.4 is 10.5 Å². The first kappa shape index (κ1) is 23.2. The van der Waals surface area contributed by atoms with Crippen molar-refractivity contribution in [2.24, 2.45) is 5.73 Å². The maximum atomic E-state index is 13.9. The Labute approximate surface area is 194 Å². The molecule has 4 aromatic rings. The van der Waals surface area contributed by atoms with E-state index in [1.165, 1.54) is 6.07 Å². The summed E-state index contributed by atoms with van der Waals surface area (Å²) in [6.07, 6.45) is 2.62. The summed E-state index contributed by atoms with van der Waals surface area (Å²) in [7, 11) is 0. The van der Waals surface area contributed by atoms with Crippen molar-refractivity contribution in [3.8, 4) is 5.75 Å². The molecule has 8 heteroatoms. The molecule has 1 heterocycles. The van der Waals surface area contributed by atoms with E-state index in [1.54, 1.807) is 24.3 Å². The van der Waals surface area contributed by atoms with E-state index < -0.39 is 30.1 Å². The summed E-state index contributed by atoms with van der Waals surface area (Å²) in [5.41, 5.74) is 8.70. The molecular weight excluding hydrogens is 442 g/mol. The lowest BCUT2D eigenvalue weighted by atomic mass is 10.0. The highest BCUT2D eigenvalue weighted by atomic mass is 19.2. The number of aliphatic carboxylic acids is 1. The number of nitrogens with two attached hydrogens (primary N) is 1. The van der Waals surface area contributed by atoms with Crippen LogP contribution >= 0.6 is 0 Å². The minimum Gasteiger partial charge on any atom is -0.481 e. The van der Waals surface area contributed by atoms with E-state index in [9.17, 15) is 23.5 Å². The normalized spacial score (nSPS) is 11.3. The monoisotopic (exact) mass is 466 g/mol. The number of carboxylic acid groups (broad SMARTS) is 1. The highest BCUT2D eigenvalue weighted by Crippen LogP contribution is 2.39. The average Bonchev–Trinajstić information content (AvgIpc) is 3.12. The molecule has 1 aromatic heterocycles. The molecule has 0 aliphatic heterocycles. The lowest BCUT2D eigenvalue weighted by Gasteiger charge is -2.12. The number of primary amides is 1. The number of carboxylic acids is 1. The molecule has 34 heavy (non-hydrogen) atoms. The molecule has 3 N–H and O–H groups in total. The van der Waals surface area contributed by atoms with Gasteiger partial charge in [-0.25, -0.2) is 13.6 Å². The van der Waals surface area contributed by atoms with Gasteiger partial charge in [-0.3, -0.25) is 4.79 Å². The zero-order valence-electron chi connectivity index (χ0n) is 18.6. The van der Waals surface area contributed by atoms with Crippen molar-refractivity contribution in [3.63, 3.8) is 0 Å². The van der Waals surface area contributed by atoms with Gasteiger partial charge in [0.25, 0.3) is 0 Å². The van der Waals surface area contributed by atoms with Crippen molar-refractivity contribution in [2.45, 2.75) is 32.7 Å². The molecule has 0 atom stereocenters. The number of ether oxygens (including phenoxy) is 1. The summed E-state index contributed by atoms with van der Waals surface area (Å²) in [6.45, 7) is 1.70. The molecule has 1 amide bonds. The fourth-order valence-electron chi connectivity index (χ4n) is 4.25. The van der Waals surface area contributed by atoms with E-state index in [0.717, 1.165) is 37.0 Å². The zero-order valence-corrected chi connectivity index (χ0v) is 18.6. The minimum absolute atomic E-state index is 0.190. The SMILES string of the molecule is CCCCc1cc(OCC(=O)O)c2c3c(C(N)=O)cccc3n(Cc3ccc(F)c(F)c3)c2c1.